The molecule has 0 radical (unpaired) electrons. The van der Waals surface area contributed by atoms with Crippen LogP contribution in [0.3, 0.4) is 0 Å². The van der Waals surface area contributed by atoms with Gasteiger partial charge in [0.15, 0.2) is 28.5 Å². The van der Waals surface area contributed by atoms with Gasteiger partial charge >= 0.3 is 6.18 Å². The van der Waals surface area contributed by atoms with Crippen LogP contribution < -0.4 is 11.5 Å². The highest BCUT2D eigenvalue weighted by atomic mass is 19.4. The number of hydrogen-bond donors (Lipinski definition) is 3. The van der Waals surface area contributed by atoms with E-state index in [1.165, 1.54) is 52.2 Å². The first-order valence-corrected chi connectivity index (χ1v) is 33.4. The molecule has 5 N–H and O–H groups in total. The van der Waals surface area contributed by atoms with Gasteiger partial charge in [-0.3, -0.25) is 34.0 Å². The summed E-state index contributed by atoms with van der Waals surface area (Å²) in [4.78, 5) is 69.6. The van der Waals surface area contributed by atoms with E-state index in [2.05, 4.69) is 78.3 Å². The van der Waals surface area contributed by atoms with Gasteiger partial charge in [-0.15, -0.1) is 0 Å². The molecule has 3 heterocycles. The lowest BCUT2D eigenvalue weighted by molar-refractivity contribution is -0.156. The Morgan fingerprint density at radius 2 is 0.936 bits per heavy atom. The zero-order valence-corrected chi connectivity index (χ0v) is 55.4. The topological polar surface area (TPSA) is 215 Å². The molecule has 0 bridgehead atoms. The Balaban J connectivity index is 0.000000145. The number of aliphatic hydroxyl groups is 1. The second-order valence-electron chi connectivity index (χ2n) is 27.6. The molecular formula is C75H95F3N8O8. The van der Waals surface area contributed by atoms with E-state index < -0.39 is 29.1 Å². The van der Waals surface area contributed by atoms with E-state index in [1.807, 2.05) is 33.9 Å². The lowest BCUT2D eigenvalue weighted by Crippen LogP contribution is -2.51. The molecule has 3 aromatic rings. The van der Waals surface area contributed by atoms with Crippen LogP contribution in [0, 0.1) is 51.8 Å². The highest BCUT2D eigenvalue weighted by molar-refractivity contribution is 6.10. The number of carbonyl (C=O) groups is 4. The van der Waals surface area contributed by atoms with Crippen LogP contribution >= 0.6 is 0 Å². The predicted octanol–water partition coefficient (Wildman–Crippen LogP) is 11.0. The Labute approximate surface area is 554 Å². The first-order chi connectivity index (χ1) is 44.8. The molecule has 3 aromatic carbocycles. The third kappa shape index (κ3) is 12.0. The average molecular weight is 1290 g/mol. The van der Waals surface area contributed by atoms with Gasteiger partial charge in [0.2, 0.25) is 6.26 Å². The van der Waals surface area contributed by atoms with Crippen LogP contribution in [-0.2, 0) is 69.3 Å². The number of methoxy groups -OCH3 is 3. The molecule has 0 aromatic heterocycles. The number of aliphatic hydroxyl groups excluding tert-OH is 1. The fourth-order valence-electron chi connectivity index (χ4n) is 17.0. The zero-order chi connectivity index (χ0) is 67.5. The van der Waals surface area contributed by atoms with Crippen LogP contribution in [0.4, 0.5) is 13.2 Å². The summed E-state index contributed by atoms with van der Waals surface area (Å²) in [6.45, 7) is 5.95. The van der Waals surface area contributed by atoms with E-state index >= 15 is 0 Å². The highest BCUT2D eigenvalue weighted by Crippen LogP contribution is 2.65. The smallest absolute Gasteiger partial charge is 0.389 e. The molecule has 15 rings (SSSR count). The number of amidine groups is 1. The maximum absolute atomic E-state index is 13.7. The third-order valence-electron chi connectivity index (χ3n) is 22.6. The second kappa shape index (κ2) is 26.8. The second-order valence-corrected chi connectivity index (χ2v) is 27.6. The summed E-state index contributed by atoms with van der Waals surface area (Å²) in [6, 6.07) is 19.3. The largest absolute Gasteiger partial charge is 0.446 e. The van der Waals surface area contributed by atoms with Gasteiger partial charge in [0.25, 0.3) is 17.7 Å². The summed E-state index contributed by atoms with van der Waals surface area (Å²) in [5, 5.41) is 9.93. The maximum Gasteiger partial charge on any atom is 0.446 e. The molecule has 9 aliphatic carbocycles. The van der Waals surface area contributed by atoms with Crippen LogP contribution in [-0.4, -0.2) is 135 Å². The average Bonchev–Trinajstić information content (AvgIpc) is 1.55. The Bertz CT molecular complexity index is 3600. The molecule has 5 saturated carbocycles. The molecule has 5 fully saturated rings. The van der Waals surface area contributed by atoms with Crippen molar-refractivity contribution in [1.29, 1.82) is 0 Å². The van der Waals surface area contributed by atoms with Gasteiger partial charge in [-0.05, 0) is 217 Å². The van der Waals surface area contributed by atoms with Gasteiger partial charge in [-0.2, -0.15) is 13.2 Å². The minimum absolute atomic E-state index is 0. The molecule has 0 saturated heterocycles. The molecule has 19 heteroatoms. The fraction of sp³-hybridized carbons (Fsp3) is 0.587. The van der Waals surface area contributed by atoms with Crippen molar-refractivity contribution in [3.05, 3.63) is 111 Å². The number of allylic oxidation sites excluding steroid dienone is 1. The van der Waals surface area contributed by atoms with Crippen molar-refractivity contribution < 1.29 is 53.0 Å². The summed E-state index contributed by atoms with van der Waals surface area (Å²) in [5.74, 6) is 16.0. The quantitative estimate of drug-likeness (QED) is 0.166. The number of nitrogens with two attached hydrogens (primary N) is 2. The van der Waals surface area contributed by atoms with E-state index in [0.29, 0.717) is 29.9 Å². The number of carbonyl (C=O) groups excluding carboxylic acids is 4. The van der Waals surface area contributed by atoms with Crippen molar-refractivity contribution in [2.75, 3.05) is 42.5 Å². The number of nitrogens with zero attached hydrogens (tertiary/aromatic N) is 6. The molecule has 94 heavy (non-hydrogen) atoms. The highest BCUT2D eigenvalue weighted by Gasteiger charge is 2.69. The molecule has 12 aliphatic rings. The van der Waals surface area contributed by atoms with Crippen molar-refractivity contribution in [3.63, 3.8) is 0 Å². The fourth-order valence-corrected chi connectivity index (χ4v) is 17.0. The first kappa shape index (κ1) is 68.2. The number of fused-ring (bicyclic) bond motifs is 9. The Morgan fingerprint density at radius 3 is 1.23 bits per heavy atom. The summed E-state index contributed by atoms with van der Waals surface area (Å²) in [7, 11) is 10.7. The lowest BCUT2D eigenvalue weighted by Gasteiger charge is -2.45. The standard InChI is InChI=1S/C24H28N2O2.C23H29N3O3.C23H27N3O2.C2HF3O.C2H6.CH4/c1-16-25-24(22(27)26(16)2)21-14-18(7-6-17-4-5-17)8-9-19(21)15-23(24)12-10-20(28-3)11-13-23;1-26-20(28)23(25-21(26)24)19-12-15(14-5-6-17(27)11-14)3-4-16(19)13-22(23)9-7-18(29-2)8-10-22;1-26-20(27)23(25-21(26)24)19-13-16(6-5-15-3-4-15)7-8-17(19)14-22(23)11-9-18(28-2)10-12-22;3-2(4,5)1-6;1-2;/h8-9,14,17,20H,4-5,10-13,15H2,1-3H3;3-4,11-12,17-18,27H,5-10,13H2,1-2H3,(H2,24,25);7-8,13,15,18H,3-4,9-12,14H2,1-2H3,(H2,24,25);1H;1-2H3;1H4/i;;;1D;;. The molecule has 16 nitrogen and oxygen atoms in total. The number of aliphatic imine (C=N–C) groups is 3. The van der Waals surface area contributed by atoms with E-state index in [1.54, 1.807) is 40.3 Å². The summed E-state index contributed by atoms with van der Waals surface area (Å²) >= 11 is 0. The van der Waals surface area contributed by atoms with Gasteiger partial charge in [-0.25, -0.2) is 9.98 Å². The number of rotatable bonds is 4. The van der Waals surface area contributed by atoms with Gasteiger partial charge in [0.1, 0.15) is 7.21 Å². The Hall–Kier alpha value is -7.16. The van der Waals surface area contributed by atoms with Gasteiger partial charge < -0.3 is 35.7 Å². The predicted molar refractivity (Wildman–Crippen MR) is 358 cm³/mol. The zero-order valence-electron chi connectivity index (χ0n) is 56.4. The normalized spacial score (nSPS) is 32.2. The molecule has 3 amide bonds. The lowest BCUT2D eigenvalue weighted by atomic mass is 9.61. The van der Waals surface area contributed by atoms with E-state index in [0.717, 1.165) is 154 Å². The maximum atomic E-state index is 13.7. The molecule has 4 unspecified atom stereocenters. The number of ether oxygens (including phenoxy) is 3. The summed E-state index contributed by atoms with van der Waals surface area (Å²) in [6.07, 6.45) is 15.3. The number of alkyl halides is 3. The van der Waals surface area contributed by atoms with E-state index in [-0.39, 0.29) is 59.7 Å². The van der Waals surface area contributed by atoms with E-state index in [4.69, 9.17) is 46.8 Å². The Morgan fingerprint density at radius 1 is 0.585 bits per heavy atom. The number of halogens is 3. The number of benzene rings is 3. The third-order valence-corrected chi connectivity index (χ3v) is 22.6. The minimum Gasteiger partial charge on any atom is -0.389 e. The summed E-state index contributed by atoms with van der Waals surface area (Å²) in [5.41, 5.74) is 20.1. The molecule has 504 valence electrons. The molecule has 4 atom stereocenters. The van der Waals surface area contributed by atoms with Crippen molar-refractivity contribution in [3.8, 4) is 23.7 Å². The van der Waals surface area contributed by atoms with Crippen LogP contribution in [0.2, 0.25) is 0 Å². The van der Waals surface area contributed by atoms with E-state index in [9.17, 15) is 32.7 Å². The molecular weight excluding hydrogens is 1200 g/mol. The van der Waals surface area contributed by atoms with Crippen LogP contribution in [0.25, 0.3) is 5.57 Å². The van der Waals surface area contributed by atoms with Gasteiger partial charge in [0, 0.05) is 81.7 Å². The van der Waals surface area contributed by atoms with Crippen LogP contribution in [0.15, 0.2) is 75.7 Å². The minimum atomic E-state index is -4.97. The number of hydrogen-bond acceptors (Lipinski definition) is 13. The van der Waals surface area contributed by atoms with Crippen LogP contribution in [0.5, 0.6) is 0 Å². The number of amides is 3. The van der Waals surface area contributed by atoms with Crippen molar-refractivity contribution in [2.45, 2.75) is 210 Å². The molecule has 3 aliphatic heterocycles. The SMILES string of the molecule is C.CC.COC1CCC2(CC1)Cc1ccc(C#CC3CC3)cc1C21N=C(C)N(C)C1=O.COC1CCC2(CC1)Cc1ccc(C#CC3CC3)cc1C21N=C(N)N(C)C1=O.COC1CCC2(CC1)Cc1ccc(C3=CC(O)CC3)cc1C21N=C(N)N(C)C1=O.[2H]C(=O)C(F)(F)F. The first-order valence-electron chi connectivity index (χ1n) is 33.9. The number of aldehydes is 1. The number of guanidine groups is 2. The molecule has 6 spiro atoms. The van der Waals surface area contributed by atoms with Crippen molar-refractivity contribution in [2.24, 2.45) is 54.5 Å². The van der Waals surface area contributed by atoms with Crippen LogP contribution in [0.1, 0.15) is 195 Å². The monoisotopic (exact) mass is 1290 g/mol. The Kier molecular flexibility index (Phi) is 19.5. The van der Waals surface area contributed by atoms with Crippen molar-refractivity contribution >= 4 is 47.3 Å². The number of likely N-dealkylation sites (N-methyl/N-ethyl adjacent to an activating group) is 3. The van der Waals surface area contributed by atoms with Gasteiger partial charge in [0.05, 0.1) is 24.4 Å². The van der Waals surface area contributed by atoms with Crippen molar-refractivity contribution in [1.82, 2.24) is 14.7 Å². The van der Waals surface area contributed by atoms with Gasteiger partial charge in [-0.1, -0.05) is 75.3 Å². The summed E-state index contributed by atoms with van der Waals surface area (Å²) < 4.78 is 54.2.